The lowest BCUT2D eigenvalue weighted by molar-refractivity contribution is -0.134. The van der Waals surface area contributed by atoms with Crippen LogP contribution in [0.1, 0.15) is 42.0 Å². The van der Waals surface area contributed by atoms with E-state index in [1.54, 1.807) is 12.1 Å². The van der Waals surface area contributed by atoms with Crippen LogP contribution in [0.2, 0.25) is 0 Å². The molecule has 0 radical (unpaired) electrons. The summed E-state index contributed by atoms with van der Waals surface area (Å²) in [5.74, 6) is 0.857. The molecule has 2 aliphatic rings. The number of likely N-dealkylation sites (tertiary alicyclic amines) is 1. The molecule has 4 rings (SSSR count). The summed E-state index contributed by atoms with van der Waals surface area (Å²) in [4.78, 5) is 15.4. The number of hydrogen-bond acceptors (Lipinski definition) is 4. The Morgan fingerprint density at radius 2 is 1.82 bits per heavy atom. The summed E-state index contributed by atoms with van der Waals surface area (Å²) in [7, 11) is 1.67. The summed E-state index contributed by atoms with van der Waals surface area (Å²) in [6, 6.07) is 16.2. The minimum atomic E-state index is -0.0735. The summed E-state index contributed by atoms with van der Waals surface area (Å²) < 4.78 is 5.53. The molecule has 1 fully saturated rings. The van der Waals surface area contributed by atoms with Gasteiger partial charge in [0.15, 0.2) is 0 Å². The van der Waals surface area contributed by atoms with Crippen LogP contribution in [0.3, 0.4) is 0 Å². The van der Waals surface area contributed by atoms with Gasteiger partial charge in [0.05, 0.1) is 25.4 Å². The topological polar surface area (TPSA) is 45.1 Å². The Morgan fingerprint density at radius 3 is 2.54 bits per heavy atom. The molecule has 0 saturated carbocycles. The highest BCUT2D eigenvalue weighted by Crippen LogP contribution is 2.35. The van der Waals surface area contributed by atoms with Crippen molar-refractivity contribution in [3.05, 3.63) is 65.2 Å². The van der Waals surface area contributed by atoms with Crippen LogP contribution in [0.25, 0.3) is 0 Å². The standard InChI is InChI=1S/C23H27N3O2/c1-17-9-11-18(12-10-17)21-15-20(19-7-3-4-8-22(19)28-2)24-26(21)23(27)16-25-13-5-6-14-25/h3-4,7-12,21H,5-6,13-16H2,1-2H3. The third-order valence-corrected chi connectivity index (χ3v) is 5.60. The molecule has 2 aromatic carbocycles. The lowest BCUT2D eigenvalue weighted by atomic mass is 9.97. The SMILES string of the molecule is COc1ccccc1C1=NN(C(=O)CN2CCCC2)C(c2ccc(C)cc2)C1. The highest BCUT2D eigenvalue weighted by Gasteiger charge is 2.34. The number of amides is 1. The van der Waals surface area contributed by atoms with Gasteiger partial charge in [0, 0.05) is 12.0 Å². The maximum absolute atomic E-state index is 13.1. The quantitative estimate of drug-likeness (QED) is 0.797. The van der Waals surface area contributed by atoms with Crippen LogP contribution >= 0.6 is 0 Å². The van der Waals surface area contributed by atoms with Crippen molar-refractivity contribution in [3.8, 4) is 5.75 Å². The average molecular weight is 377 g/mol. The van der Waals surface area contributed by atoms with Gasteiger partial charge in [-0.15, -0.1) is 0 Å². The minimum Gasteiger partial charge on any atom is -0.496 e. The molecule has 5 nitrogen and oxygen atoms in total. The predicted octanol–water partition coefficient (Wildman–Crippen LogP) is 3.78. The van der Waals surface area contributed by atoms with Crippen LogP contribution in [0.15, 0.2) is 53.6 Å². The molecular formula is C23H27N3O2. The molecule has 1 atom stereocenters. The molecule has 28 heavy (non-hydrogen) atoms. The van der Waals surface area contributed by atoms with Gasteiger partial charge >= 0.3 is 0 Å². The van der Waals surface area contributed by atoms with Gasteiger partial charge in [-0.2, -0.15) is 5.10 Å². The first-order chi connectivity index (χ1) is 13.7. The monoisotopic (exact) mass is 377 g/mol. The lowest BCUT2D eigenvalue weighted by Crippen LogP contribution is -2.36. The molecular weight excluding hydrogens is 350 g/mol. The number of ether oxygens (including phenoxy) is 1. The lowest BCUT2D eigenvalue weighted by Gasteiger charge is -2.24. The van der Waals surface area contributed by atoms with E-state index in [0.717, 1.165) is 35.7 Å². The number of carbonyl (C=O) groups is 1. The fourth-order valence-corrected chi connectivity index (χ4v) is 4.04. The molecule has 0 aliphatic carbocycles. The first-order valence-corrected chi connectivity index (χ1v) is 9.97. The molecule has 0 bridgehead atoms. The van der Waals surface area contributed by atoms with E-state index >= 15 is 0 Å². The molecule has 2 heterocycles. The maximum atomic E-state index is 13.1. The Kier molecular flexibility index (Phi) is 5.44. The van der Waals surface area contributed by atoms with Crippen molar-refractivity contribution < 1.29 is 9.53 Å². The van der Waals surface area contributed by atoms with E-state index < -0.39 is 0 Å². The molecule has 1 unspecified atom stereocenters. The third-order valence-electron chi connectivity index (χ3n) is 5.60. The number of aryl methyl sites for hydroxylation is 1. The summed E-state index contributed by atoms with van der Waals surface area (Å²) in [5, 5.41) is 6.48. The van der Waals surface area contributed by atoms with Gasteiger partial charge in [0.2, 0.25) is 0 Å². The molecule has 146 valence electrons. The second-order valence-corrected chi connectivity index (χ2v) is 7.60. The van der Waals surface area contributed by atoms with E-state index in [1.807, 2.05) is 24.3 Å². The zero-order chi connectivity index (χ0) is 19.5. The second-order valence-electron chi connectivity index (χ2n) is 7.60. The van der Waals surface area contributed by atoms with Crippen LogP contribution in [0.5, 0.6) is 5.75 Å². The molecule has 1 saturated heterocycles. The number of benzene rings is 2. The molecule has 0 spiro atoms. The maximum Gasteiger partial charge on any atom is 0.257 e. The van der Waals surface area contributed by atoms with E-state index in [1.165, 1.54) is 18.4 Å². The van der Waals surface area contributed by atoms with Gasteiger partial charge in [0.1, 0.15) is 5.75 Å². The summed E-state index contributed by atoms with van der Waals surface area (Å²) in [6.07, 6.45) is 3.03. The van der Waals surface area contributed by atoms with Crippen LogP contribution in [-0.4, -0.2) is 48.3 Å². The highest BCUT2D eigenvalue weighted by molar-refractivity contribution is 6.05. The van der Waals surface area contributed by atoms with Crippen molar-refractivity contribution in [2.24, 2.45) is 5.10 Å². The zero-order valence-corrected chi connectivity index (χ0v) is 16.6. The first-order valence-electron chi connectivity index (χ1n) is 9.97. The Balaban J connectivity index is 1.65. The number of para-hydroxylation sites is 1. The summed E-state index contributed by atoms with van der Waals surface area (Å²) in [6.45, 7) is 4.51. The van der Waals surface area contributed by atoms with Crippen LogP contribution in [0, 0.1) is 6.92 Å². The Labute approximate surface area is 166 Å². The van der Waals surface area contributed by atoms with Crippen LogP contribution in [-0.2, 0) is 4.79 Å². The number of nitrogens with zero attached hydrogens (tertiary/aromatic N) is 3. The van der Waals surface area contributed by atoms with Crippen molar-refractivity contribution in [3.63, 3.8) is 0 Å². The van der Waals surface area contributed by atoms with Gasteiger partial charge < -0.3 is 4.74 Å². The van der Waals surface area contributed by atoms with E-state index in [4.69, 9.17) is 9.84 Å². The van der Waals surface area contributed by atoms with Crippen molar-refractivity contribution >= 4 is 11.6 Å². The second kappa shape index (κ2) is 8.15. The zero-order valence-electron chi connectivity index (χ0n) is 16.6. The van der Waals surface area contributed by atoms with Crippen molar-refractivity contribution in [2.45, 2.75) is 32.2 Å². The van der Waals surface area contributed by atoms with Gasteiger partial charge in [-0.25, -0.2) is 5.01 Å². The number of carbonyl (C=O) groups excluding carboxylic acids is 1. The first kappa shape index (κ1) is 18.7. The predicted molar refractivity (Wildman–Crippen MR) is 111 cm³/mol. The van der Waals surface area contributed by atoms with Gasteiger partial charge in [-0.1, -0.05) is 42.0 Å². The van der Waals surface area contributed by atoms with E-state index in [9.17, 15) is 4.79 Å². The fourth-order valence-electron chi connectivity index (χ4n) is 4.04. The number of hydrazone groups is 1. The fraction of sp³-hybridized carbons (Fsp3) is 0.391. The van der Waals surface area contributed by atoms with E-state index in [0.29, 0.717) is 13.0 Å². The largest absolute Gasteiger partial charge is 0.496 e. The van der Waals surface area contributed by atoms with Crippen molar-refractivity contribution in [1.29, 1.82) is 0 Å². The summed E-state index contributed by atoms with van der Waals surface area (Å²) in [5.41, 5.74) is 4.19. The highest BCUT2D eigenvalue weighted by atomic mass is 16.5. The number of rotatable bonds is 5. The smallest absolute Gasteiger partial charge is 0.257 e. The minimum absolute atomic E-state index is 0.0670. The molecule has 5 heteroatoms. The van der Waals surface area contributed by atoms with Crippen LogP contribution in [0.4, 0.5) is 0 Å². The average Bonchev–Trinajstić information content (AvgIpc) is 3.38. The Hall–Kier alpha value is -2.66. The summed E-state index contributed by atoms with van der Waals surface area (Å²) >= 11 is 0. The van der Waals surface area contributed by atoms with Crippen molar-refractivity contribution in [1.82, 2.24) is 9.91 Å². The molecule has 2 aromatic rings. The van der Waals surface area contributed by atoms with E-state index in [-0.39, 0.29) is 11.9 Å². The normalized spacial score (nSPS) is 19.7. The van der Waals surface area contributed by atoms with Gasteiger partial charge in [0.25, 0.3) is 5.91 Å². The molecule has 0 N–H and O–H groups in total. The Morgan fingerprint density at radius 1 is 1.11 bits per heavy atom. The van der Waals surface area contributed by atoms with E-state index in [2.05, 4.69) is 36.1 Å². The van der Waals surface area contributed by atoms with Crippen molar-refractivity contribution in [2.75, 3.05) is 26.7 Å². The molecule has 2 aliphatic heterocycles. The Bertz CT molecular complexity index is 870. The molecule has 1 amide bonds. The number of methoxy groups -OCH3 is 1. The van der Waals surface area contributed by atoms with Crippen LogP contribution < -0.4 is 4.74 Å². The van der Waals surface area contributed by atoms with Gasteiger partial charge in [-0.05, 0) is 50.6 Å². The third kappa shape index (κ3) is 3.80. The molecule has 0 aromatic heterocycles. The number of hydrogen-bond donors (Lipinski definition) is 0. The van der Waals surface area contributed by atoms with Gasteiger partial charge in [-0.3, -0.25) is 9.69 Å².